The molecule has 1 amide bonds. The Balaban J connectivity index is 1.94. The monoisotopic (exact) mass is 468 g/mol. The zero-order valence-corrected chi connectivity index (χ0v) is 17.2. The lowest BCUT2D eigenvalue weighted by atomic mass is 10.2. The van der Waals surface area contributed by atoms with Crippen LogP contribution in [0, 0.1) is 6.92 Å². The van der Waals surface area contributed by atoms with Crippen LogP contribution in [-0.4, -0.2) is 43.2 Å². The number of halogens is 4. The lowest BCUT2D eigenvalue weighted by Gasteiger charge is -2.12. The number of aryl methyl sites for hydroxylation is 2. The number of amides is 1. The number of sulfonamides is 1. The predicted octanol–water partition coefficient (Wildman–Crippen LogP) is 1.86. The van der Waals surface area contributed by atoms with Crippen LogP contribution in [0.4, 0.5) is 19.0 Å². The van der Waals surface area contributed by atoms with E-state index >= 15 is 0 Å². The highest BCUT2D eigenvalue weighted by Crippen LogP contribution is 2.33. The molecule has 0 saturated heterocycles. The third-order valence-corrected chi connectivity index (χ3v) is 5.47. The molecule has 0 spiro atoms. The predicted molar refractivity (Wildman–Crippen MR) is 99.2 cm³/mol. The van der Waals surface area contributed by atoms with Crippen LogP contribution in [0.25, 0.3) is 0 Å². The first-order chi connectivity index (χ1) is 13.8. The van der Waals surface area contributed by atoms with Gasteiger partial charge in [0.2, 0.25) is 10.0 Å². The van der Waals surface area contributed by atoms with E-state index in [-0.39, 0.29) is 0 Å². The number of nitrogens with zero attached hydrogens (tertiary/aromatic N) is 2. The van der Waals surface area contributed by atoms with Crippen molar-refractivity contribution in [3.63, 3.8) is 0 Å². The Kier molecular flexibility index (Phi) is 7.10. The molecular weight excluding hydrogens is 453 g/mol. The maximum absolute atomic E-state index is 12.8. The number of esters is 1. The van der Waals surface area contributed by atoms with Gasteiger partial charge < -0.3 is 10.1 Å². The maximum atomic E-state index is 12.8. The molecule has 2 N–H and O–H groups in total. The molecule has 0 aliphatic rings. The van der Waals surface area contributed by atoms with Gasteiger partial charge in [-0.2, -0.15) is 23.0 Å². The third kappa shape index (κ3) is 6.18. The molecule has 1 aromatic carbocycles. The molecule has 1 heterocycles. The van der Waals surface area contributed by atoms with E-state index in [4.69, 9.17) is 11.6 Å². The van der Waals surface area contributed by atoms with Gasteiger partial charge in [-0.25, -0.2) is 8.42 Å². The van der Waals surface area contributed by atoms with E-state index < -0.39 is 56.7 Å². The molecule has 14 heteroatoms. The molecule has 0 unspecified atom stereocenters. The van der Waals surface area contributed by atoms with E-state index in [0.717, 1.165) is 6.07 Å². The van der Waals surface area contributed by atoms with E-state index in [0.29, 0.717) is 23.6 Å². The molecule has 2 rings (SSSR count). The number of ether oxygens (including phenoxy) is 1. The number of alkyl halides is 3. The fourth-order valence-corrected chi connectivity index (χ4v) is 3.71. The van der Waals surface area contributed by atoms with Gasteiger partial charge >= 0.3 is 12.1 Å². The minimum atomic E-state index is -4.78. The third-order valence-electron chi connectivity index (χ3n) is 3.59. The van der Waals surface area contributed by atoms with E-state index in [1.54, 1.807) is 24.8 Å². The number of hydrogen-bond donors (Lipinski definition) is 2. The van der Waals surface area contributed by atoms with E-state index in [1.807, 2.05) is 0 Å². The van der Waals surface area contributed by atoms with Crippen LogP contribution in [0.3, 0.4) is 0 Å². The first-order valence-electron chi connectivity index (χ1n) is 8.12. The first kappa shape index (κ1) is 23.6. The van der Waals surface area contributed by atoms with Crippen molar-refractivity contribution in [2.24, 2.45) is 7.05 Å². The van der Waals surface area contributed by atoms with Gasteiger partial charge in [-0.1, -0.05) is 11.6 Å². The van der Waals surface area contributed by atoms with Crippen molar-refractivity contribution in [3.8, 4) is 0 Å². The van der Waals surface area contributed by atoms with Gasteiger partial charge in [-0.3, -0.25) is 14.3 Å². The summed E-state index contributed by atoms with van der Waals surface area (Å²) in [6.07, 6.45) is -4.78. The summed E-state index contributed by atoms with van der Waals surface area (Å²) in [5.74, 6) is -1.47. The molecule has 0 aliphatic heterocycles. The molecule has 0 aliphatic carbocycles. The van der Waals surface area contributed by atoms with Crippen LogP contribution < -0.4 is 10.0 Å². The Morgan fingerprint density at radius 2 is 1.93 bits per heavy atom. The van der Waals surface area contributed by atoms with Gasteiger partial charge in [0.05, 0.1) is 16.3 Å². The van der Waals surface area contributed by atoms with Gasteiger partial charge in [0.25, 0.3) is 5.91 Å². The summed E-state index contributed by atoms with van der Waals surface area (Å²) in [7, 11) is -2.97. The van der Waals surface area contributed by atoms with Crippen molar-refractivity contribution in [1.82, 2.24) is 14.5 Å². The number of anilines is 1. The topological polar surface area (TPSA) is 119 Å². The van der Waals surface area contributed by atoms with Crippen LogP contribution in [0.5, 0.6) is 0 Å². The van der Waals surface area contributed by atoms with Crippen molar-refractivity contribution in [1.29, 1.82) is 0 Å². The summed E-state index contributed by atoms with van der Waals surface area (Å²) in [6, 6.07) is 3.33. The lowest BCUT2D eigenvalue weighted by molar-refractivity contribution is -0.146. The summed E-state index contributed by atoms with van der Waals surface area (Å²) in [5, 5.41) is 5.98. The fourth-order valence-electron chi connectivity index (χ4n) is 2.22. The summed E-state index contributed by atoms with van der Waals surface area (Å²) in [6.45, 7) is 0.0700. The maximum Gasteiger partial charge on any atom is 0.416 e. The average molecular weight is 469 g/mol. The van der Waals surface area contributed by atoms with E-state index in [9.17, 15) is 31.2 Å². The number of aromatic nitrogens is 2. The molecule has 9 nitrogen and oxygen atoms in total. The summed E-state index contributed by atoms with van der Waals surface area (Å²) >= 11 is 5.68. The van der Waals surface area contributed by atoms with Crippen molar-refractivity contribution in [2.75, 3.05) is 18.5 Å². The molecule has 30 heavy (non-hydrogen) atoms. The number of carbonyl (C=O) groups excluding carboxylic acids is 2. The van der Waals surface area contributed by atoms with Crippen molar-refractivity contribution >= 4 is 39.3 Å². The largest absolute Gasteiger partial charge is 0.455 e. The average Bonchev–Trinajstić information content (AvgIpc) is 2.94. The Morgan fingerprint density at radius 3 is 2.50 bits per heavy atom. The Labute approximate surface area is 174 Å². The van der Waals surface area contributed by atoms with E-state index in [1.165, 1.54) is 4.68 Å². The zero-order valence-electron chi connectivity index (χ0n) is 15.6. The second-order valence-corrected chi connectivity index (χ2v) is 8.11. The SMILES string of the molecule is Cc1cc(NC(=O)COC(=O)CNS(=O)(=O)c2cc(C(F)(F)F)ccc2Cl)n(C)n1. The Morgan fingerprint density at radius 1 is 1.27 bits per heavy atom. The van der Waals surface area contributed by atoms with Crippen molar-refractivity contribution in [3.05, 3.63) is 40.5 Å². The van der Waals surface area contributed by atoms with E-state index in [2.05, 4.69) is 15.2 Å². The molecule has 0 bridgehead atoms. The second kappa shape index (κ2) is 9.02. The molecule has 0 saturated carbocycles. The molecular formula is C16H16ClF3N4O5S. The number of hydrogen-bond acceptors (Lipinski definition) is 6. The van der Waals surface area contributed by atoms with Crippen molar-refractivity contribution in [2.45, 2.75) is 18.0 Å². The quantitative estimate of drug-likeness (QED) is 0.599. The Bertz CT molecular complexity index is 1070. The van der Waals surface area contributed by atoms with Crippen LogP contribution in [0.2, 0.25) is 5.02 Å². The number of benzene rings is 1. The van der Waals surface area contributed by atoms with Gasteiger partial charge in [-0.05, 0) is 25.1 Å². The van der Waals surface area contributed by atoms with Gasteiger partial charge in [0.15, 0.2) is 6.61 Å². The standard InChI is InChI=1S/C16H16ClF3N4O5S/c1-9-5-13(24(2)23-9)22-14(25)8-29-15(26)7-21-30(27,28)12-6-10(16(18,19)20)3-4-11(12)17/h3-6,21H,7-8H2,1-2H3,(H,22,25). The van der Waals surface area contributed by atoms with Crippen LogP contribution in [0.15, 0.2) is 29.2 Å². The molecule has 2 aromatic rings. The highest BCUT2D eigenvalue weighted by molar-refractivity contribution is 7.89. The van der Waals surface area contributed by atoms with Gasteiger partial charge in [0.1, 0.15) is 17.3 Å². The second-order valence-electron chi connectivity index (χ2n) is 5.97. The highest BCUT2D eigenvalue weighted by Gasteiger charge is 2.32. The zero-order chi connectivity index (χ0) is 22.7. The van der Waals surface area contributed by atoms with Crippen LogP contribution in [-0.2, 0) is 37.6 Å². The molecule has 0 fully saturated rings. The minimum Gasteiger partial charge on any atom is -0.455 e. The van der Waals surface area contributed by atoms with Gasteiger partial charge in [0, 0.05) is 13.1 Å². The number of rotatable bonds is 7. The normalized spacial score (nSPS) is 11.9. The molecule has 164 valence electrons. The molecule has 0 radical (unpaired) electrons. The summed E-state index contributed by atoms with van der Waals surface area (Å²) in [5.41, 5.74) is -0.579. The number of carbonyl (C=O) groups is 2. The lowest BCUT2D eigenvalue weighted by Crippen LogP contribution is -2.32. The Hall–Kier alpha value is -2.64. The number of nitrogens with one attached hydrogen (secondary N) is 2. The highest BCUT2D eigenvalue weighted by atomic mass is 35.5. The van der Waals surface area contributed by atoms with Crippen LogP contribution >= 0.6 is 11.6 Å². The summed E-state index contributed by atoms with van der Waals surface area (Å²) < 4.78 is 70.6. The fraction of sp³-hybridized carbons (Fsp3) is 0.312. The summed E-state index contributed by atoms with van der Waals surface area (Å²) in [4.78, 5) is 22.6. The van der Waals surface area contributed by atoms with Crippen LogP contribution in [0.1, 0.15) is 11.3 Å². The molecule has 0 atom stereocenters. The first-order valence-corrected chi connectivity index (χ1v) is 9.98. The smallest absolute Gasteiger partial charge is 0.416 e. The van der Waals surface area contributed by atoms with Gasteiger partial charge in [-0.15, -0.1) is 0 Å². The van der Waals surface area contributed by atoms with Crippen molar-refractivity contribution < 1.29 is 35.9 Å². The minimum absolute atomic E-state index is 0.347. The molecule has 1 aromatic heterocycles.